The van der Waals surface area contributed by atoms with Crippen LogP contribution in [0.25, 0.3) is 0 Å². The van der Waals surface area contributed by atoms with Gasteiger partial charge < -0.3 is 0 Å². The number of hydrogen-bond donors (Lipinski definition) is 0. The summed E-state index contributed by atoms with van der Waals surface area (Å²) < 4.78 is 0. The van der Waals surface area contributed by atoms with Gasteiger partial charge in [-0.2, -0.15) is 0 Å². The molecule has 0 aromatic rings. The van der Waals surface area contributed by atoms with Crippen LogP contribution < -0.4 is 0 Å². The van der Waals surface area contributed by atoms with E-state index in [1.54, 1.807) is 0 Å². The fourth-order valence-corrected chi connectivity index (χ4v) is 6.30. The maximum atomic E-state index is 13.6. The molecule has 4 saturated carbocycles. The maximum Gasteiger partial charge on any atom is 0.156 e. The zero-order valence-corrected chi connectivity index (χ0v) is 15.5. The van der Waals surface area contributed by atoms with Gasteiger partial charge in [0.1, 0.15) is 0 Å². The summed E-state index contributed by atoms with van der Waals surface area (Å²) in [7, 11) is 0. The first kappa shape index (κ1) is 16.8. The topological polar surface area (TPSA) is 29.4 Å². The molecule has 0 unspecified atom stereocenters. The van der Waals surface area contributed by atoms with E-state index in [2.05, 4.69) is 0 Å². The minimum atomic E-state index is -0.113. The second-order valence-corrected chi connectivity index (χ2v) is 9.09. The first-order valence-corrected chi connectivity index (χ1v) is 10.9. The second-order valence-electron chi connectivity index (χ2n) is 9.09. The van der Waals surface area contributed by atoms with Crippen molar-refractivity contribution in [3.8, 4) is 0 Å². The third-order valence-corrected chi connectivity index (χ3v) is 7.58. The van der Waals surface area contributed by atoms with E-state index >= 15 is 0 Å². The van der Waals surface area contributed by atoms with Gasteiger partial charge in [-0.05, 0) is 38.5 Å². The molecule has 0 aromatic heterocycles. The lowest BCUT2D eigenvalue weighted by molar-refractivity contribution is -0.140. The Balaban J connectivity index is 1.68. The maximum absolute atomic E-state index is 13.6. The standard InChI is InChI=1S/C22H35NO/c24-20-21(14-8-1-2-9-15-21)19(23-18-12-6-5-7-13-18)22(20)16-10-3-4-11-17-22/h18H,1-17H2. The Labute approximate surface area is 147 Å². The number of ketones is 1. The van der Waals surface area contributed by atoms with E-state index in [1.807, 2.05) is 0 Å². The van der Waals surface area contributed by atoms with E-state index in [4.69, 9.17) is 4.99 Å². The number of nitrogens with zero attached hydrogens (tertiary/aromatic N) is 1. The molecule has 4 rings (SSSR count). The fourth-order valence-electron chi connectivity index (χ4n) is 6.30. The van der Waals surface area contributed by atoms with Gasteiger partial charge in [-0.1, -0.05) is 70.6 Å². The molecule has 24 heavy (non-hydrogen) atoms. The highest BCUT2D eigenvalue weighted by Gasteiger charge is 2.67. The van der Waals surface area contributed by atoms with E-state index in [9.17, 15) is 4.79 Å². The van der Waals surface area contributed by atoms with Crippen molar-refractivity contribution in [2.24, 2.45) is 15.8 Å². The predicted octanol–water partition coefficient (Wildman–Crippen LogP) is 6.02. The highest BCUT2D eigenvalue weighted by Crippen LogP contribution is 2.60. The van der Waals surface area contributed by atoms with Gasteiger partial charge in [0, 0.05) is 11.8 Å². The average Bonchev–Trinajstić information content (AvgIpc) is 3.03. The molecular formula is C22H35NO. The molecule has 0 radical (unpaired) electrons. The number of carbonyl (C=O) groups is 1. The molecule has 4 aliphatic carbocycles. The first-order chi connectivity index (χ1) is 11.8. The number of rotatable bonds is 1. The summed E-state index contributed by atoms with van der Waals surface area (Å²) in [4.78, 5) is 19.0. The number of aliphatic imine (C=N–C) groups is 1. The number of hydrogen-bond acceptors (Lipinski definition) is 2. The lowest BCUT2D eigenvalue weighted by Gasteiger charge is -2.56. The zero-order valence-electron chi connectivity index (χ0n) is 15.5. The molecule has 0 heterocycles. The quantitative estimate of drug-likeness (QED) is 0.578. The molecule has 2 spiro atoms. The minimum absolute atomic E-state index is 0.113. The van der Waals surface area contributed by atoms with Crippen LogP contribution in [0.5, 0.6) is 0 Å². The minimum Gasteiger partial charge on any atom is -0.298 e. The van der Waals surface area contributed by atoms with E-state index < -0.39 is 0 Å². The Morgan fingerprint density at radius 1 is 0.625 bits per heavy atom. The predicted molar refractivity (Wildman–Crippen MR) is 99.6 cm³/mol. The normalized spacial score (nSPS) is 30.7. The van der Waals surface area contributed by atoms with Gasteiger partial charge >= 0.3 is 0 Å². The van der Waals surface area contributed by atoms with Gasteiger partial charge in [0.25, 0.3) is 0 Å². The van der Waals surface area contributed by atoms with Crippen LogP contribution in [-0.4, -0.2) is 17.5 Å². The van der Waals surface area contributed by atoms with Gasteiger partial charge in [0.15, 0.2) is 5.78 Å². The van der Waals surface area contributed by atoms with Gasteiger partial charge in [-0.3, -0.25) is 9.79 Å². The fraction of sp³-hybridized carbons (Fsp3) is 0.909. The average molecular weight is 330 g/mol. The molecule has 0 bridgehead atoms. The highest BCUT2D eigenvalue weighted by molar-refractivity contribution is 6.33. The Morgan fingerprint density at radius 2 is 1.04 bits per heavy atom. The van der Waals surface area contributed by atoms with Gasteiger partial charge in [-0.15, -0.1) is 0 Å². The molecular weight excluding hydrogens is 294 g/mol. The monoisotopic (exact) mass is 329 g/mol. The lowest BCUT2D eigenvalue weighted by Crippen LogP contribution is -2.66. The second kappa shape index (κ2) is 6.92. The highest BCUT2D eigenvalue weighted by atomic mass is 16.1. The molecule has 0 atom stereocenters. The van der Waals surface area contributed by atoms with Crippen LogP contribution in [0.2, 0.25) is 0 Å². The Morgan fingerprint density at radius 3 is 1.50 bits per heavy atom. The summed E-state index contributed by atoms with van der Waals surface area (Å²) in [5, 5.41) is 0. The van der Waals surface area contributed by atoms with E-state index in [-0.39, 0.29) is 10.8 Å². The smallest absolute Gasteiger partial charge is 0.156 e. The molecule has 4 fully saturated rings. The largest absolute Gasteiger partial charge is 0.298 e. The van der Waals surface area contributed by atoms with E-state index in [0.29, 0.717) is 11.8 Å². The van der Waals surface area contributed by atoms with Gasteiger partial charge in [0.2, 0.25) is 0 Å². The molecule has 0 saturated heterocycles. The third kappa shape index (κ3) is 2.69. The lowest BCUT2D eigenvalue weighted by atomic mass is 9.45. The molecule has 4 aliphatic rings. The third-order valence-electron chi connectivity index (χ3n) is 7.58. The van der Waals surface area contributed by atoms with Crippen molar-refractivity contribution in [2.75, 3.05) is 0 Å². The SMILES string of the molecule is O=C1C2(CCCCCC2)C(=NC2CCCCC2)C12CCCCCC2. The van der Waals surface area contributed by atoms with Crippen LogP contribution in [0, 0.1) is 10.8 Å². The summed E-state index contributed by atoms with van der Waals surface area (Å²) in [6.07, 6.45) is 21.3. The van der Waals surface area contributed by atoms with Crippen molar-refractivity contribution in [1.29, 1.82) is 0 Å². The molecule has 0 amide bonds. The van der Waals surface area contributed by atoms with Crippen LogP contribution in [0.15, 0.2) is 4.99 Å². The van der Waals surface area contributed by atoms with Crippen molar-refractivity contribution in [3.05, 3.63) is 0 Å². The van der Waals surface area contributed by atoms with Crippen LogP contribution in [-0.2, 0) is 4.79 Å². The van der Waals surface area contributed by atoms with Crippen molar-refractivity contribution >= 4 is 11.5 Å². The van der Waals surface area contributed by atoms with Gasteiger partial charge in [-0.25, -0.2) is 0 Å². The Hall–Kier alpha value is -0.660. The van der Waals surface area contributed by atoms with Crippen LogP contribution >= 0.6 is 0 Å². The number of Topliss-reactive ketones (excluding diaryl/α,β-unsaturated/α-hetero) is 1. The summed E-state index contributed by atoms with van der Waals surface area (Å²) in [6.45, 7) is 0. The van der Waals surface area contributed by atoms with E-state index in [1.165, 1.54) is 89.2 Å². The van der Waals surface area contributed by atoms with Crippen LogP contribution in [0.1, 0.15) is 109 Å². The summed E-state index contributed by atoms with van der Waals surface area (Å²) in [5.41, 5.74) is 1.20. The van der Waals surface area contributed by atoms with Crippen molar-refractivity contribution < 1.29 is 4.79 Å². The molecule has 2 nitrogen and oxygen atoms in total. The molecule has 0 aromatic carbocycles. The Bertz CT molecular complexity index is 452. The zero-order chi connectivity index (χ0) is 16.5. The molecule has 0 N–H and O–H groups in total. The van der Waals surface area contributed by atoms with Crippen LogP contribution in [0.3, 0.4) is 0 Å². The van der Waals surface area contributed by atoms with Crippen molar-refractivity contribution in [2.45, 2.75) is 115 Å². The summed E-state index contributed by atoms with van der Waals surface area (Å²) in [5.74, 6) is 0.633. The van der Waals surface area contributed by atoms with Crippen molar-refractivity contribution in [1.82, 2.24) is 0 Å². The Kier molecular flexibility index (Phi) is 4.84. The molecule has 134 valence electrons. The molecule has 2 heteroatoms. The molecule has 0 aliphatic heterocycles. The van der Waals surface area contributed by atoms with Gasteiger partial charge in [0.05, 0.1) is 10.8 Å². The van der Waals surface area contributed by atoms with Crippen molar-refractivity contribution in [3.63, 3.8) is 0 Å². The number of carbonyl (C=O) groups excluding carboxylic acids is 1. The van der Waals surface area contributed by atoms with E-state index in [0.717, 1.165) is 25.7 Å². The summed E-state index contributed by atoms with van der Waals surface area (Å²) >= 11 is 0. The first-order valence-electron chi connectivity index (χ1n) is 10.9. The summed E-state index contributed by atoms with van der Waals surface area (Å²) in [6, 6.07) is 0.530. The van der Waals surface area contributed by atoms with Crippen LogP contribution in [0.4, 0.5) is 0 Å².